The highest BCUT2D eigenvalue weighted by Crippen LogP contribution is 2.31. The number of carboxylic acids is 1. The van der Waals surface area contributed by atoms with Crippen molar-refractivity contribution in [3.05, 3.63) is 69.5 Å². The van der Waals surface area contributed by atoms with Crippen LogP contribution in [-0.2, 0) is 4.74 Å². The number of aromatic nitrogens is 1. The molecule has 0 aliphatic heterocycles. The topological polar surface area (TPSA) is 115 Å². The molecular weight excluding hydrogens is 378 g/mol. The van der Waals surface area contributed by atoms with Crippen molar-refractivity contribution in [2.24, 2.45) is 0 Å². The predicted octanol–water partition coefficient (Wildman–Crippen LogP) is 2.49. The predicted molar refractivity (Wildman–Crippen MR) is 105 cm³/mol. The van der Waals surface area contributed by atoms with Gasteiger partial charge in [-0.2, -0.15) is 0 Å². The number of nitrogens with one attached hydrogen (secondary N) is 1. The third-order valence-corrected chi connectivity index (χ3v) is 4.29. The van der Waals surface area contributed by atoms with Crippen molar-refractivity contribution in [3.63, 3.8) is 0 Å². The van der Waals surface area contributed by atoms with Crippen molar-refractivity contribution in [2.45, 2.75) is 0 Å². The maximum Gasteiger partial charge on any atom is 0.335 e. The largest absolute Gasteiger partial charge is 0.493 e. The number of methoxy groups -OCH3 is 2. The third kappa shape index (κ3) is 4.27. The van der Waals surface area contributed by atoms with Gasteiger partial charge in [0.2, 0.25) is 0 Å². The molecule has 0 fully saturated rings. The SMILES string of the molecule is COCCOc1cc2cc(C(=O)c3cccc(C(=O)O)c3)c(=O)[nH]c2cc1OC. The van der Waals surface area contributed by atoms with E-state index in [-0.39, 0.29) is 16.7 Å². The summed E-state index contributed by atoms with van der Waals surface area (Å²) in [5.74, 6) is -0.862. The molecule has 2 aromatic carbocycles. The minimum atomic E-state index is -1.16. The number of hydrogen-bond donors (Lipinski definition) is 2. The Morgan fingerprint density at radius 1 is 1.00 bits per heavy atom. The van der Waals surface area contributed by atoms with Crippen LogP contribution in [0.15, 0.2) is 47.3 Å². The highest BCUT2D eigenvalue weighted by Gasteiger charge is 2.17. The number of rotatable bonds is 8. The van der Waals surface area contributed by atoms with E-state index < -0.39 is 17.3 Å². The maximum absolute atomic E-state index is 12.8. The Hall–Kier alpha value is -3.65. The van der Waals surface area contributed by atoms with Gasteiger partial charge in [-0.25, -0.2) is 4.79 Å². The van der Waals surface area contributed by atoms with Crippen molar-refractivity contribution in [3.8, 4) is 11.5 Å². The smallest absolute Gasteiger partial charge is 0.335 e. The number of hydrogen-bond acceptors (Lipinski definition) is 6. The van der Waals surface area contributed by atoms with Gasteiger partial charge in [0.1, 0.15) is 6.61 Å². The Kier molecular flexibility index (Phi) is 5.94. The van der Waals surface area contributed by atoms with Crippen LogP contribution >= 0.6 is 0 Å². The molecule has 2 N–H and O–H groups in total. The van der Waals surface area contributed by atoms with Crippen LogP contribution in [0.3, 0.4) is 0 Å². The van der Waals surface area contributed by atoms with Gasteiger partial charge in [-0.15, -0.1) is 0 Å². The molecule has 0 radical (unpaired) electrons. The van der Waals surface area contributed by atoms with Crippen molar-refractivity contribution in [2.75, 3.05) is 27.4 Å². The molecule has 0 aliphatic rings. The second kappa shape index (κ2) is 8.57. The number of carbonyl (C=O) groups is 2. The van der Waals surface area contributed by atoms with Crippen molar-refractivity contribution in [1.29, 1.82) is 0 Å². The first-order chi connectivity index (χ1) is 13.9. The Balaban J connectivity index is 2.05. The van der Waals surface area contributed by atoms with E-state index in [4.69, 9.17) is 19.3 Å². The summed E-state index contributed by atoms with van der Waals surface area (Å²) in [4.78, 5) is 39.1. The summed E-state index contributed by atoms with van der Waals surface area (Å²) in [5, 5.41) is 9.68. The first-order valence-corrected chi connectivity index (χ1v) is 8.69. The number of benzene rings is 2. The molecule has 1 aromatic heterocycles. The Bertz CT molecular complexity index is 1130. The fourth-order valence-corrected chi connectivity index (χ4v) is 2.84. The number of aromatic amines is 1. The number of fused-ring (bicyclic) bond motifs is 1. The maximum atomic E-state index is 12.8. The molecule has 1 heterocycles. The lowest BCUT2D eigenvalue weighted by Crippen LogP contribution is -2.18. The van der Waals surface area contributed by atoms with Crippen LogP contribution in [0.25, 0.3) is 10.9 Å². The zero-order valence-electron chi connectivity index (χ0n) is 15.9. The second-order valence-corrected chi connectivity index (χ2v) is 6.16. The highest BCUT2D eigenvalue weighted by atomic mass is 16.5. The number of ketones is 1. The van der Waals surface area contributed by atoms with E-state index >= 15 is 0 Å². The van der Waals surface area contributed by atoms with E-state index in [0.29, 0.717) is 35.6 Å². The number of aromatic carboxylic acids is 1. The van der Waals surface area contributed by atoms with Gasteiger partial charge >= 0.3 is 5.97 Å². The molecule has 0 spiro atoms. The summed E-state index contributed by atoms with van der Waals surface area (Å²) in [7, 11) is 3.04. The van der Waals surface area contributed by atoms with Gasteiger partial charge in [-0.1, -0.05) is 12.1 Å². The molecule has 0 saturated carbocycles. The van der Waals surface area contributed by atoms with Crippen LogP contribution in [0.2, 0.25) is 0 Å². The van der Waals surface area contributed by atoms with Crippen LogP contribution in [-0.4, -0.2) is 49.3 Å². The van der Waals surface area contributed by atoms with Crippen LogP contribution in [0.1, 0.15) is 26.3 Å². The molecule has 0 bridgehead atoms. The van der Waals surface area contributed by atoms with E-state index in [0.717, 1.165) is 0 Å². The molecule has 8 heteroatoms. The van der Waals surface area contributed by atoms with Crippen molar-refractivity contribution in [1.82, 2.24) is 4.98 Å². The summed E-state index contributed by atoms with van der Waals surface area (Å²) in [6, 6.07) is 10.3. The Morgan fingerprint density at radius 3 is 2.45 bits per heavy atom. The summed E-state index contributed by atoms with van der Waals surface area (Å²) in [5.41, 5.74) is -0.139. The van der Waals surface area contributed by atoms with Crippen LogP contribution in [0.4, 0.5) is 0 Å². The summed E-state index contributed by atoms with van der Waals surface area (Å²) in [6.45, 7) is 0.686. The second-order valence-electron chi connectivity index (χ2n) is 6.16. The highest BCUT2D eigenvalue weighted by molar-refractivity contribution is 6.11. The normalized spacial score (nSPS) is 10.7. The van der Waals surface area contributed by atoms with Crippen LogP contribution in [0, 0.1) is 0 Å². The number of H-pyrrole nitrogens is 1. The number of carbonyl (C=O) groups excluding carboxylic acids is 1. The van der Waals surface area contributed by atoms with Crippen LogP contribution in [0.5, 0.6) is 11.5 Å². The van der Waals surface area contributed by atoms with E-state index in [1.807, 2.05) is 0 Å². The minimum absolute atomic E-state index is 0.0355. The Morgan fingerprint density at radius 2 is 1.76 bits per heavy atom. The van der Waals surface area contributed by atoms with E-state index in [2.05, 4.69) is 4.98 Å². The fraction of sp³-hybridized carbons (Fsp3) is 0.190. The van der Waals surface area contributed by atoms with Gasteiger partial charge in [0, 0.05) is 24.1 Å². The molecule has 0 atom stereocenters. The van der Waals surface area contributed by atoms with Crippen molar-refractivity contribution < 1.29 is 28.9 Å². The summed E-state index contributed by atoms with van der Waals surface area (Å²) in [6.07, 6.45) is 0. The molecular formula is C21H19NO7. The van der Waals surface area contributed by atoms with Gasteiger partial charge < -0.3 is 24.3 Å². The average Bonchev–Trinajstić information content (AvgIpc) is 2.72. The zero-order valence-corrected chi connectivity index (χ0v) is 15.9. The van der Waals surface area contributed by atoms with Crippen molar-refractivity contribution >= 4 is 22.7 Å². The van der Waals surface area contributed by atoms with E-state index in [1.54, 1.807) is 19.2 Å². The molecule has 3 rings (SSSR count). The molecule has 29 heavy (non-hydrogen) atoms. The van der Waals surface area contributed by atoms with Gasteiger partial charge in [-0.05, 0) is 24.3 Å². The molecule has 0 saturated heterocycles. The standard InChI is InChI=1S/C21H19NO7/c1-27-6-7-29-18-10-14-9-15(20(24)22-16(14)11-17(18)28-2)19(23)12-4-3-5-13(8-12)21(25)26/h3-5,8-11H,6-7H2,1-2H3,(H,22,24)(H,25,26). The fourth-order valence-electron chi connectivity index (χ4n) is 2.84. The van der Waals surface area contributed by atoms with Gasteiger partial charge in [-0.3, -0.25) is 9.59 Å². The molecule has 150 valence electrons. The first-order valence-electron chi connectivity index (χ1n) is 8.69. The Labute approximate surface area is 165 Å². The minimum Gasteiger partial charge on any atom is -0.493 e. The molecule has 8 nitrogen and oxygen atoms in total. The summed E-state index contributed by atoms with van der Waals surface area (Å²) < 4.78 is 15.9. The molecule has 0 unspecified atom stereocenters. The quantitative estimate of drug-likeness (QED) is 0.443. The van der Waals surface area contributed by atoms with E-state index in [9.17, 15) is 14.4 Å². The first kappa shape index (κ1) is 20.1. The van der Waals surface area contributed by atoms with E-state index in [1.165, 1.54) is 37.4 Å². The third-order valence-electron chi connectivity index (χ3n) is 4.29. The average molecular weight is 397 g/mol. The van der Waals surface area contributed by atoms with Gasteiger partial charge in [0.25, 0.3) is 5.56 Å². The number of carboxylic acid groups (broad SMARTS) is 1. The van der Waals surface area contributed by atoms with Gasteiger partial charge in [0.15, 0.2) is 17.3 Å². The zero-order chi connectivity index (χ0) is 21.0. The molecule has 0 amide bonds. The lowest BCUT2D eigenvalue weighted by atomic mass is 10.0. The molecule has 0 aliphatic carbocycles. The van der Waals surface area contributed by atoms with Gasteiger partial charge in [0.05, 0.1) is 30.4 Å². The lowest BCUT2D eigenvalue weighted by Gasteiger charge is -2.12. The van der Waals surface area contributed by atoms with Crippen LogP contribution < -0.4 is 15.0 Å². The summed E-state index contributed by atoms with van der Waals surface area (Å²) >= 11 is 0. The lowest BCUT2D eigenvalue weighted by molar-refractivity contribution is 0.0697. The number of pyridine rings is 1. The molecule has 3 aromatic rings. The number of ether oxygens (including phenoxy) is 3. The monoisotopic (exact) mass is 397 g/mol.